The van der Waals surface area contributed by atoms with Gasteiger partial charge in [-0.15, -0.1) is 22.7 Å². The standard InChI is InChI=1S/C20H21N3O3S2/c1-23(2)14-7-5-13(6-8-14)22-20(26)19(25)21-12-15-9-10-17(28-15)18(24)16-4-3-11-27-16/h3-11,18,24H,12H2,1-2H3,(H,21,25)(H,22,26). The van der Waals surface area contributed by atoms with E-state index in [0.29, 0.717) is 5.69 Å². The van der Waals surface area contributed by atoms with Gasteiger partial charge in [0.05, 0.1) is 6.54 Å². The Morgan fingerprint density at radius 1 is 1.04 bits per heavy atom. The molecule has 0 saturated carbocycles. The van der Waals surface area contributed by atoms with Crippen LogP contribution in [0.5, 0.6) is 0 Å². The summed E-state index contributed by atoms with van der Waals surface area (Å²) in [5, 5.41) is 17.4. The van der Waals surface area contributed by atoms with E-state index in [1.165, 1.54) is 22.7 Å². The Morgan fingerprint density at radius 2 is 1.79 bits per heavy atom. The molecular weight excluding hydrogens is 394 g/mol. The SMILES string of the molecule is CN(C)c1ccc(NC(=O)C(=O)NCc2ccc(C(O)c3cccs3)s2)cc1. The lowest BCUT2D eigenvalue weighted by Gasteiger charge is -2.13. The summed E-state index contributed by atoms with van der Waals surface area (Å²) in [5.74, 6) is -1.42. The highest BCUT2D eigenvalue weighted by Crippen LogP contribution is 2.30. The van der Waals surface area contributed by atoms with Crippen molar-refractivity contribution in [1.29, 1.82) is 0 Å². The van der Waals surface area contributed by atoms with Crippen molar-refractivity contribution in [2.45, 2.75) is 12.6 Å². The fraction of sp³-hybridized carbons (Fsp3) is 0.200. The van der Waals surface area contributed by atoms with Gasteiger partial charge in [0, 0.05) is 40.1 Å². The number of rotatable bonds is 6. The van der Waals surface area contributed by atoms with Crippen molar-refractivity contribution in [3.63, 3.8) is 0 Å². The van der Waals surface area contributed by atoms with Crippen LogP contribution in [0.1, 0.15) is 20.7 Å². The highest BCUT2D eigenvalue weighted by atomic mass is 32.1. The minimum absolute atomic E-state index is 0.230. The Balaban J connectivity index is 1.51. The van der Waals surface area contributed by atoms with E-state index >= 15 is 0 Å². The second-order valence-electron chi connectivity index (χ2n) is 6.30. The fourth-order valence-electron chi connectivity index (χ4n) is 2.50. The molecule has 0 radical (unpaired) electrons. The topological polar surface area (TPSA) is 81.7 Å². The molecule has 2 amide bonds. The van der Waals surface area contributed by atoms with Crippen molar-refractivity contribution in [3.8, 4) is 0 Å². The van der Waals surface area contributed by atoms with Gasteiger partial charge in [0.25, 0.3) is 0 Å². The summed E-state index contributed by atoms with van der Waals surface area (Å²) < 4.78 is 0. The number of hydrogen-bond acceptors (Lipinski definition) is 6. The first-order chi connectivity index (χ1) is 13.4. The summed E-state index contributed by atoms with van der Waals surface area (Å²) in [5.41, 5.74) is 1.56. The van der Waals surface area contributed by atoms with E-state index in [0.717, 1.165) is 20.3 Å². The Labute approximate surface area is 171 Å². The van der Waals surface area contributed by atoms with Gasteiger partial charge in [0.2, 0.25) is 0 Å². The van der Waals surface area contributed by atoms with Crippen LogP contribution in [0.2, 0.25) is 0 Å². The highest BCUT2D eigenvalue weighted by molar-refractivity contribution is 7.12. The third kappa shape index (κ3) is 4.98. The maximum Gasteiger partial charge on any atom is 0.313 e. The molecule has 28 heavy (non-hydrogen) atoms. The maximum absolute atomic E-state index is 12.1. The van der Waals surface area contributed by atoms with Crippen LogP contribution in [0.3, 0.4) is 0 Å². The number of hydrogen-bond donors (Lipinski definition) is 3. The molecule has 2 aromatic heterocycles. The van der Waals surface area contributed by atoms with E-state index in [4.69, 9.17) is 0 Å². The zero-order valence-corrected chi connectivity index (χ0v) is 17.1. The first-order valence-electron chi connectivity index (χ1n) is 8.60. The molecule has 0 aliphatic rings. The number of amides is 2. The predicted molar refractivity (Wildman–Crippen MR) is 114 cm³/mol. The lowest BCUT2D eigenvalue weighted by atomic mass is 10.2. The quantitative estimate of drug-likeness (QED) is 0.540. The van der Waals surface area contributed by atoms with Crippen LogP contribution in [0.15, 0.2) is 53.9 Å². The van der Waals surface area contributed by atoms with Crippen molar-refractivity contribution >= 4 is 45.9 Å². The summed E-state index contributed by atoms with van der Waals surface area (Å²) in [6, 6.07) is 14.7. The molecule has 1 aromatic carbocycles. The molecule has 2 heterocycles. The van der Waals surface area contributed by atoms with E-state index in [-0.39, 0.29) is 6.54 Å². The summed E-state index contributed by atoms with van der Waals surface area (Å²) >= 11 is 2.90. The van der Waals surface area contributed by atoms with Gasteiger partial charge in [-0.2, -0.15) is 0 Å². The fourth-order valence-corrected chi connectivity index (χ4v) is 4.26. The molecule has 1 atom stereocenters. The van der Waals surface area contributed by atoms with Crippen LogP contribution >= 0.6 is 22.7 Å². The Kier molecular flexibility index (Phi) is 6.45. The molecule has 0 aliphatic heterocycles. The molecule has 3 aromatic rings. The van der Waals surface area contributed by atoms with Crippen molar-refractivity contribution < 1.29 is 14.7 Å². The summed E-state index contributed by atoms with van der Waals surface area (Å²) in [7, 11) is 3.85. The zero-order chi connectivity index (χ0) is 20.1. The first-order valence-corrected chi connectivity index (χ1v) is 10.3. The highest BCUT2D eigenvalue weighted by Gasteiger charge is 2.16. The monoisotopic (exact) mass is 415 g/mol. The molecular formula is C20H21N3O3S2. The molecule has 3 rings (SSSR count). The molecule has 3 N–H and O–H groups in total. The Hall–Kier alpha value is -2.68. The van der Waals surface area contributed by atoms with Gasteiger partial charge in [-0.05, 0) is 47.8 Å². The number of carbonyl (C=O) groups is 2. The van der Waals surface area contributed by atoms with Crippen molar-refractivity contribution in [3.05, 3.63) is 68.5 Å². The minimum Gasteiger partial charge on any atom is -0.382 e. The van der Waals surface area contributed by atoms with Crippen LogP contribution in [-0.2, 0) is 16.1 Å². The van der Waals surface area contributed by atoms with Crippen LogP contribution in [0.25, 0.3) is 0 Å². The molecule has 6 nitrogen and oxygen atoms in total. The van der Waals surface area contributed by atoms with E-state index < -0.39 is 17.9 Å². The molecule has 8 heteroatoms. The number of aliphatic hydroxyl groups excluding tert-OH is 1. The van der Waals surface area contributed by atoms with Gasteiger partial charge in [0.15, 0.2) is 0 Å². The van der Waals surface area contributed by atoms with E-state index in [1.807, 2.05) is 60.8 Å². The third-order valence-corrected chi connectivity index (χ3v) is 6.10. The van der Waals surface area contributed by atoms with E-state index in [1.54, 1.807) is 12.1 Å². The number of anilines is 2. The van der Waals surface area contributed by atoms with Crippen LogP contribution in [0.4, 0.5) is 11.4 Å². The third-order valence-electron chi connectivity index (χ3n) is 4.04. The molecule has 0 spiro atoms. The van der Waals surface area contributed by atoms with Crippen LogP contribution < -0.4 is 15.5 Å². The number of thiophene rings is 2. The predicted octanol–water partition coefficient (Wildman–Crippen LogP) is 3.21. The van der Waals surface area contributed by atoms with Crippen molar-refractivity contribution in [1.82, 2.24) is 5.32 Å². The second-order valence-corrected chi connectivity index (χ2v) is 8.48. The summed E-state index contributed by atoms with van der Waals surface area (Å²) in [4.78, 5) is 28.6. The largest absolute Gasteiger partial charge is 0.382 e. The zero-order valence-electron chi connectivity index (χ0n) is 15.5. The van der Waals surface area contributed by atoms with Gasteiger partial charge < -0.3 is 20.6 Å². The molecule has 0 fully saturated rings. The number of nitrogens with one attached hydrogen (secondary N) is 2. The number of benzene rings is 1. The second kappa shape index (κ2) is 9.01. The van der Waals surface area contributed by atoms with Gasteiger partial charge in [-0.3, -0.25) is 9.59 Å². The normalized spacial score (nSPS) is 11.7. The van der Waals surface area contributed by atoms with E-state index in [9.17, 15) is 14.7 Å². The minimum atomic E-state index is -0.715. The maximum atomic E-state index is 12.1. The lowest BCUT2D eigenvalue weighted by molar-refractivity contribution is -0.136. The summed E-state index contributed by atoms with van der Waals surface area (Å²) in [6.07, 6.45) is -0.664. The number of aliphatic hydroxyl groups is 1. The van der Waals surface area contributed by atoms with Gasteiger partial charge in [0.1, 0.15) is 6.10 Å². The number of carbonyl (C=O) groups excluding carboxylic acids is 2. The Morgan fingerprint density at radius 3 is 2.43 bits per heavy atom. The van der Waals surface area contributed by atoms with E-state index in [2.05, 4.69) is 10.6 Å². The summed E-state index contributed by atoms with van der Waals surface area (Å²) in [6.45, 7) is 0.230. The average molecular weight is 416 g/mol. The van der Waals surface area contributed by atoms with Crippen molar-refractivity contribution in [2.75, 3.05) is 24.3 Å². The van der Waals surface area contributed by atoms with Gasteiger partial charge >= 0.3 is 11.8 Å². The molecule has 0 bridgehead atoms. The van der Waals surface area contributed by atoms with Crippen LogP contribution in [0, 0.1) is 0 Å². The molecule has 0 aliphatic carbocycles. The van der Waals surface area contributed by atoms with Crippen molar-refractivity contribution in [2.24, 2.45) is 0 Å². The number of nitrogens with zero attached hydrogens (tertiary/aromatic N) is 1. The lowest BCUT2D eigenvalue weighted by Crippen LogP contribution is -2.34. The Bertz CT molecular complexity index is 934. The van der Waals surface area contributed by atoms with Crippen LogP contribution in [-0.4, -0.2) is 31.0 Å². The molecule has 1 unspecified atom stereocenters. The average Bonchev–Trinajstić information content (AvgIpc) is 3.38. The molecule has 146 valence electrons. The van der Waals surface area contributed by atoms with Gasteiger partial charge in [-0.1, -0.05) is 6.07 Å². The first kappa shape index (κ1) is 20.1. The van der Waals surface area contributed by atoms with Gasteiger partial charge in [-0.25, -0.2) is 0 Å². The molecule has 0 saturated heterocycles. The smallest absolute Gasteiger partial charge is 0.313 e.